The minimum atomic E-state index is -3.31. The Morgan fingerprint density at radius 2 is 1.56 bits per heavy atom. The van der Waals surface area contributed by atoms with E-state index in [-0.39, 0.29) is 5.75 Å². The summed E-state index contributed by atoms with van der Waals surface area (Å²) in [6, 6.07) is 13.6. The van der Waals surface area contributed by atoms with Crippen molar-refractivity contribution in [2.24, 2.45) is 0 Å². The number of hydrogen-bond donors (Lipinski definition) is 0. The smallest absolute Gasteiger partial charge is 0.179 e. The van der Waals surface area contributed by atoms with Crippen LogP contribution in [0.3, 0.4) is 0 Å². The molecule has 0 saturated heterocycles. The number of ether oxygens (including phenoxy) is 2. The maximum atomic E-state index is 12.3. The molecule has 0 aliphatic heterocycles. The quantitative estimate of drug-likeness (QED) is 0.665. The van der Waals surface area contributed by atoms with Gasteiger partial charge in [0, 0.05) is 18.1 Å². The lowest BCUT2D eigenvalue weighted by molar-refractivity contribution is 0.244. The lowest BCUT2D eigenvalue weighted by atomic mass is 10.3. The van der Waals surface area contributed by atoms with E-state index in [0.717, 1.165) is 11.5 Å². The predicted molar refractivity (Wildman–Crippen MR) is 99.5 cm³/mol. The van der Waals surface area contributed by atoms with Gasteiger partial charge in [-0.2, -0.15) is 0 Å². The Labute approximate surface area is 154 Å². The predicted octanol–water partition coefficient (Wildman–Crippen LogP) is 3.13. The Kier molecular flexibility index (Phi) is 7.11. The van der Waals surface area contributed by atoms with Gasteiger partial charge in [0.1, 0.15) is 18.1 Å². The Hall–Kier alpha value is -1.76. The van der Waals surface area contributed by atoms with E-state index >= 15 is 0 Å². The average molecular weight is 384 g/mol. The topological polar surface area (TPSA) is 55.8 Å². The molecule has 0 N–H and O–H groups in total. The highest BCUT2D eigenvalue weighted by atomic mass is 35.5. The van der Waals surface area contributed by atoms with Gasteiger partial charge < -0.3 is 14.4 Å². The van der Waals surface area contributed by atoms with Crippen LogP contribution in [0.15, 0.2) is 53.4 Å². The molecule has 136 valence electrons. The fourth-order valence-corrected chi connectivity index (χ4v) is 3.60. The summed E-state index contributed by atoms with van der Waals surface area (Å²) in [6.45, 7) is 1.53. The number of halogens is 1. The zero-order valence-corrected chi connectivity index (χ0v) is 15.9. The maximum Gasteiger partial charge on any atom is 0.179 e. The normalized spacial score (nSPS) is 11.5. The van der Waals surface area contributed by atoms with Crippen LogP contribution in [0.25, 0.3) is 0 Å². The number of benzene rings is 2. The maximum absolute atomic E-state index is 12.3. The van der Waals surface area contributed by atoms with Crippen molar-refractivity contribution in [3.05, 3.63) is 53.6 Å². The molecule has 0 atom stereocenters. The highest BCUT2D eigenvalue weighted by Crippen LogP contribution is 2.17. The molecule has 2 rings (SSSR count). The molecule has 0 aliphatic carbocycles. The van der Waals surface area contributed by atoms with E-state index in [9.17, 15) is 8.42 Å². The van der Waals surface area contributed by atoms with Crippen molar-refractivity contribution in [3.8, 4) is 11.5 Å². The first kappa shape index (κ1) is 19.6. The molecule has 0 spiro atoms. The van der Waals surface area contributed by atoms with Crippen LogP contribution >= 0.6 is 11.6 Å². The molecule has 0 aliphatic rings. The molecule has 0 aromatic heterocycles. The van der Waals surface area contributed by atoms with Crippen LogP contribution < -0.4 is 9.47 Å². The molecule has 0 fully saturated rings. The van der Waals surface area contributed by atoms with E-state index in [2.05, 4.69) is 0 Å². The minimum Gasteiger partial charge on any atom is -0.497 e. The van der Waals surface area contributed by atoms with E-state index in [0.29, 0.717) is 29.6 Å². The summed E-state index contributed by atoms with van der Waals surface area (Å²) in [5.74, 6) is 1.58. The van der Waals surface area contributed by atoms with Crippen molar-refractivity contribution in [1.29, 1.82) is 0 Å². The van der Waals surface area contributed by atoms with E-state index in [1.54, 1.807) is 19.2 Å². The van der Waals surface area contributed by atoms with Crippen molar-refractivity contribution in [3.63, 3.8) is 0 Å². The minimum absolute atomic E-state index is 0.0493. The Morgan fingerprint density at radius 1 is 0.960 bits per heavy atom. The van der Waals surface area contributed by atoms with E-state index in [4.69, 9.17) is 21.1 Å². The summed E-state index contributed by atoms with van der Waals surface area (Å²) in [7, 11) is 0.172. The first-order valence-corrected chi connectivity index (χ1v) is 9.87. The van der Waals surface area contributed by atoms with Crippen LogP contribution in [0.4, 0.5) is 0 Å². The largest absolute Gasteiger partial charge is 0.497 e. The lowest BCUT2D eigenvalue weighted by Gasteiger charge is -2.17. The molecule has 0 radical (unpaired) electrons. The van der Waals surface area contributed by atoms with Crippen LogP contribution in [0.5, 0.6) is 11.5 Å². The summed E-state index contributed by atoms with van der Waals surface area (Å²) in [6.07, 6.45) is 0. The fourth-order valence-electron chi connectivity index (χ4n) is 2.14. The monoisotopic (exact) mass is 383 g/mol. The summed E-state index contributed by atoms with van der Waals surface area (Å²) in [5, 5.41) is 0.520. The Balaban J connectivity index is 1.76. The Morgan fingerprint density at radius 3 is 2.16 bits per heavy atom. The van der Waals surface area contributed by atoms with Gasteiger partial charge in [0.15, 0.2) is 9.84 Å². The van der Waals surface area contributed by atoms with Crippen molar-refractivity contribution < 1.29 is 17.9 Å². The second-order valence-electron chi connectivity index (χ2n) is 5.60. The lowest BCUT2D eigenvalue weighted by Crippen LogP contribution is -2.29. The Bertz CT molecular complexity index is 761. The molecule has 25 heavy (non-hydrogen) atoms. The SMILES string of the molecule is COc1ccc(OCCN(C)CCS(=O)(=O)c2ccc(Cl)cc2)cc1. The van der Waals surface area contributed by atoms with Crippen LogP contribution in [0, 0.1) is 0 Å². The second kappa shape index (κ2) is 9.08. The van der Waals surface area contributed by atoms with Crippen molar-refractivity contribution >= 4 is 21.4 Å². The summed E-state index contributed by atoms with van der Waals surface area (Å²) >= 11 is 5.79. The van der Waals surface area contributed by atoms with Crippen LogP contribution in [0.1, 0.15) is 0 Å². The molecular weight excluding hydrogens is 362 g/mol. The van der Waals surface area contributed by atoms with Gasteiger partial charge in [-0.25, -0.2) is 8.42 Å². The highest BCUT2D eigenvalue weighted by molar-refractivity contribution is 7.91. The number of rotatable bonds is 9. The molecule has 5 nitrogen and oxygen atoms in total. The number of hydrogen-bond acceptors (Lipinski definition) is 5. The van der Waals surface area contributed by atoms with Gasteiger partial charge in [0.25, 0.3) is 0 Å². The molecular formula is C18H22ClNO4S. The second-order valence-corrected chi connectivity index (χ2v) is 8.15. The summed E-state index contributed by atoms with van der Waals surface area (Å²) in [5.41, 5.74) is 0. The van der Waals surface area contributed by atoms with Crippen molar-refractivity contribution in [2.45, 2.75) is 4.90 Å². The van der Waals surface area contributed by atoms with Gasteiger partial charge in [-0.05, 0) is 55.6 Å². The number of sulfone groups is 1. The molecule has 0 bridgehead atoms. The molecule has 0 unspecified atom stereocenters. The van der Waals surface area contributed by atoms with E-state index in [1.165, 1.54) is 12.1 Å². The van der Waals surface area contributed by atoms with E-state index < -0.39 is 9.84 Å². The molecule has 7 heteroatoms. The van der Waals surface area contributed by atoms with Crippen molar-refractivity contribution in [1.82, 2.24) is 4.90 Å². The standard InChI is InChI=1S/C18H22ClNO4S/c1-20(11-13-24-17-7-5-16(23-2)6-8-17)12-14-25(21,22)18-9-3-15(19)4-10-18/h3-10H,11-14H2,1-2H3. The van der Waals surface area contributed by atoms with E-state index in [1.807, 2.05) is 36.2 Å². The fraction of sp³-hybridized carbons (Fsp3) is 0.333. The van der Waals surface area contributed by atoms with Crippen LogP contribution in [-0.2, 0) is 9.84 Å². The summed E-state index contributed by atoms with van der Waals surface area (Å²) < 4.78 is 35.3. The zero-order chi connectivity index (χ0) is 18.3. The highest BCUT2D eigenvalue weighted by Gasteiger charge is 2.15. The number of methoxy groups -OCH3 is 1. The molecule has 0 amide bonds. The first-order chi connectivity index (χ1) is 11.9. The van der Waals surface area contributed by atoms with Gasteiger partial charge in [0.05, 0.1) is 17.8 Å². The van der Waals surface area contributed by atoms with Crippen molar-refractivity contribution in [2.75, 3.05) is 39.6 Å². The van der Waals surface area contributed by atoms with Crippen LogP contribution in [0.2, 0.25) is 5.02 Å². The number of likely N-dealkylation sites (N-methyl/N-ethyl adjacent to an activating group) is 1. The van der Waals surface area contributed by atoms with Gasteiger partial charge in [-0.3, -0.25) is 0 Å². The van der Waals surface area contributed by atoms with Gasteiger partial charge in [-0.15, -0.1) is 0 Å². The average Bonchev–Trinajstić information content (AvgIpc) is 2.61. The summed E-state index contributed by atoms with van der Waals surface area (Å²) in [4.78, 5) is 2.22. The number of nitrogens with zero attached hydrogens (tertiary/aromatic N) is 1. The third kappa shape index (κ3) is 6.23. The molecule has 2 aromatic rings. The zero-order valence-electron chi connectivity index (χ0n) is 14.3. The van der Waals surface area contributed by atoms with Gasteiger partial charge in [0.2, 0.25) is 0 Å². The third-order valence-corrected chi connectivity index (χ3v) is 5.68. The molecule has 2 aromatic carbocycles. The van der Waals surface area contributed by atoms with Crippen LogP contribution in [-0.4, -0.2) is 52.9 Å². The molecule has 0 saturated carbocycles. The first-order valence-electron chi connectivity index (χ1n) is 7.84. The molecule has 0 heterocycles. The van der Waals surface area contributed by atoms with Gasteiger partial charge >= 0.3 is 0 Å². The van der Waals surface area contributed by atoms with Gasteiger partial charge in [-0.1, -0.05) is 11.6 Å². The third-order valence-electron chi connectivity index (χ3n) is 3.72.